The van der Waals surface area contributed by atoms with Crippen LogP contribution in [0, 0.1) is 0 Å². The lowest BCUT2D eigenvalue weighted by atomic mass is 10.1. The number of hydrogen-bond donors (Lipinski definition) is 1. The molecular formula is C9H13NO. The first kappa shape index (κ1) is 6.92. The maximum Gasteiger partial charge on any atom is 0.120 e. The Hall–Kier alpha value is -0.760. The van der Waals surface area contributed by atoms with Gasteiger partial charge in [-0.05, 0) is 37.4 Å². The molecule has 0 amide bonds. The zero-order valence-corrected chi connectivity index (χ0v) is 6.76. The average Bonchev–Trinajstić information content (AvgIpc) is 2.75. The molecule has 2 rings (SSSR count). The predicted octanol–water partition coefficient (Wildman–Crippen LogP) is 1.88. The van der Waals surface area contributed by atoms with E-state index < -0.39 is 0 Å². The van der Waals surface area contributed by atoms with E-state index in [4.69, 9.17) is 4.42 Å². The Bertz CT molecular complexity index is 237. The van der Waals surface area contributed by atoms with Gasteiger partial charge in [-0.15, -0.1) is 0 Å². The van der Waals surface area contributed by atoms with Gasteiger partial charge in [-0.2, -0.15) is 0 Å². The summed E-state index contributed by atoms with van der Waals surface area (Å²) >= 11 is 0. The molecular weight excluding hydrogens is 138 g/mol. The highest BCUT2D eigenvalue weighted by Crippen LogP contribution is 2.41. The largest absolute Gasteiger partial charge is 0.468 e. The average molecular weight is 151 g/mol. The number of hydrogen-bond acceptors (Lipinski definition) is 2. The molecule has 1 aliphatic carbocycles. The monoisotopic (exact) mass is 151 g/mol. The SMILES string of the molecule is CNCc1occc1C1CC1. The van der Waals surface area contributed by atoms with Gasteiger partial charge in [-0.25, -0.2) is 0 Å². The predicted molar refractivity (Wildman–Crippen MR) is 43.4 cm³/mol. The molecule has 60 valence electrons. The van der Waals surface area contributed by atoms with Crippen LogP contribution >= 0.6 is 0 Å². The fourth-order valence-electron chi connectivity index (χ4n) is 1.41. The van der Waals surface area contributed by atoms with E-state index in [-0.39, 0.29) is 0 Å². The summed E-state index contributed by atoms with van der Waals surface area (Å²) in [6.45, 7) is 0.860. The molecule has 0 spiro atoms. The third kappa shape index (κ3) is 1.31. The van der Waals surface area contributed by atoms with Gasteiger partial charge in [0.05, 0.1) is 12.8 Å². The van der Waals surface area contributed by atoms with Crippen LogP contribution in [0.25, 0.3) is 0 Å². The van der Waals surface area contributed by atoms with Crippen molar-refractivity contribution in [2.45, 2.75) is 25.3 Å². The molecule has 2 heteroatoms. The van der Waals surface area contributed by atoms with E-state index in [0.717, 1.165) is 18.2 Å². The van der Waals surface area contributed by atoms with Crippen LogP contribution < -0.4 is 5.32 Å². The molecule has 1 saturated carbocycles. The van der Waals surface area contributed by atoms with Crippen molar-refractivity contribution in [3.63, 3.8) is 0 Å². The normalized spacial score (nSPS) is 17.2. The summed E-state index contributed by atoms with van der Waals surface area (Å²) in [6, 6.07) is 2.10. The van der Waals surface area contributed by atoms with Crippen molar-refractivity contribution in [1.29, 1.82) is 0 Å². The van der Waals surface area contributed by atoms with Crippen LogP contribution in [-0.4, -0.2) is 7.05 Å². The van der Waals surface area contributed by atoms with E-state index in [0.29, 0.717) is 0 Å². The van der Waals surface area contributed by atoms with Crippen LogP contribution in [0.4, 0.5) is 0 Å². The summed E-state index contributed by atoms with van der Waals surface area (Å²) in [4.78, 5) is 0. The maximum atomic E-state index is 5.34. The molecule has 1 N–H and O–H groups in total. The summed E-state index contributed by atoms with van der Waals surface area (Å²) in [5.41, 5.74) is 1.42. The van der Waals surface area contributed by atoms with Crippen LogP contribution in [0.2, 0.25) is 0 Å². The Morgan fingerprint density at radius 3 is 3.09 bits per heavy atom. The van der Waals surface area contributed by atoms with Gasteiger partial charge in [-0.3, -0.25) is 0 Å². The highest BCUT2D eigenvalue weighted by molar-refractivity contribution is 5.25. The minimum atomic E-state index is 0.803. The lowest BCUT2D eigenvalue weighted by Gasteiger charge is -1.97. The van der Waals surface area contributed by atoms with Crippen molar-refractivity contribution in [1.82, 2.24) is 5.32 Å². The molecule has 0 bridgehead atoms. The van der Waals surface area contributed by atoms with Crippen molar-refractivity contribution in [3.05, 3.63) is 23.7 Å². The molecule has 1 fully saturated rings. The van der Waals surface area contributed by atoms with Gasteiger partial charge in [0.25, 0.3) is 0 Å². The number of rotatable bonds is 3. The van der Waals surface area contributed by atoms with E-state index in [2.05, 4.69) is 11.4 Å². The molecule has 1 aliphatic rings. The van der Waals surface area contributed by atoms with Crippen LogP contribution in [0.3, 0.4) is 0 Å². The van der Waals surface area contributed by atoms with Crippen LogP contribution in [0.15, 0.2) is 16.7 Å². The molecule has 0 radical (unpaired) electrons. The molecule has 1 aromatic heterocycles. The third-order valence-corrected chi connectivity index (χ3v) is 2.13. The van der Waals surface area contributed by atoms with E-state index >= 15 is 0 Å². The van der Waals surface area contributed by atoms with Gasteiger partial charge in [0, 0.05) is 0 Å². The quantitative estimate of drug-likeness (QED) is 0.713. The number of furan rings is 1. The Morgan fingerprint density at radius 2 is 2.45 bits per heavy atom. The van der Waals surface area contributed by atoms with E-state index in [1.165, 1.54) is 18.4 Å². The Kier molecular flexibility index (Phi) is 1.70. The van der Waals surface area contributed by atoms with E-state index in [1.807, 2.05) is 7.05 Å². The summed E-state index contributed by atoms with van der Waals surface area (Å²) in [5, 5.41) is 3.10. The van der Waals surface area contributed by atoms with Crippen molar-refractivity contribution in [2.75, 3.05) is 7.05 Å². The zero-order valence-electron chi connectivity index (χ0n) is 6.76. The van der Waals surface area contributed by atoms with Gasteiger partial charge in [0.2, 0.25) is 0 Å². The minimum Gasteiger partial charge on any atom is -0.468 e. The minimum absolute atomic E-state index is 0.803. The zero-order chi connectivity index (χ0) is 7.68. The summed E-state index contributed by atoms with van der Waals surface area (Å²) < 4.78 is 5.34. The molecule has 2 nitrogen and oxygen atoms in total. The first-order valence-corrected chi connectivity index (χ1v) is 4.12. The van der Waals surface area contributed by atoms with Gasteiger partial charge >= 0.3 is 0 Å². The molecule has 1 aromatic rings. The summed E-state index contributed by atoms with van der Waals surface area (Å²) in [7, 11) is 1.94. The highest BCUT2D eigenvalue weighted by atomic mass is 16.3. The van der Waals surface area contributed by atoms with Crippen molar-refractivity contribution in [3.8, 4) is 0 Å². The Labute approximate surface area is 66.6 Å². The molecule has 0 unspecified atom stereocenters. The van der Waals surface area contributed by atoms with Crippen molar-refractivity contribution >= 4 is 0 Å². The fourth-order valence-corrected chi connectivity index (χ4v) is 1.41. The first-order chi connectivity index (χ1) is 5.42. The van der Waals surface area contributed by atoms with Crippen molar-refractivity contribution in [2.24, 2.45) is 0 Å². The third-order valence-electron chi connectivity index (χ3n) is 2.13. The molecule has 0 aromatic carbocycles. The first-order valence-electron chi connectivity index (χ1n) is 4.12. The molecule has 0 atom stereocenters. The van der Waals surface area contributed by atoms with Gasteiger partial charge in [0.1, 0.15) is 5.76 Å². The molecule has 0 aliphatic heterocycles. The topological polar surface area (TPSA) is 25.2 Å². The van der Waals surface area contributed by atoms with E-state index in [9.17, 15) is 0 Å². The second kappa shape index (κ2) is 2.70. The molecule has 1 heterocycles. The van der Waals surface area contributed by atoms with Crippen LogP contribution in [-0.2, 0) is 6.54 Å². The smallest absolute Gasteiger partial charge is 0.120 e. The Morgan fingerprint density at radius 1 is 1.64 bits per heavy atom. The Balaban J connectivity index is 2.16. The highest BCUT2D eigenvalue weighted by Gasteiger charge is 2.27. The van der Waals surface area contributed by atoms with Crippen molar-refractivity contribution < 1.29 is 4.42 Å². The fraction of sp³-hybridized carbons (Fsp3) is 0.556. The molecule has 0 saturated heterocycles. The summed E-state index contributed by atoms with van der Waals surface area (Å²) in [6.07, 6.45) is 4.48. The van der Waals surface area contributed by atoms with Gasteiger partial charge < -0.3 is 9.73 Å². The second-order valence-electron chi connectivity index (χ2n) is 3.10. The van der Waals surface area contributed by atoms with Gasteiger partial charge in [-0.1, -0.05) is 0 Å². The van der Waals surface area contributed by atoms with Gasteiger partial charge in [0.15, 0.2) is 0 Å². The maximum absolute atomic E-state index is 5.34. The van der Waals surface area contributed by atoms with Crippen LogP contribution in [0.1, 0.15) is 30.1 Å². The second-order valence-corrected chi connectivity index (χ2v) is 3.10. The lowest BCUT2D eigenvalue weighted by molar-refractivity contribution is 0.490. The summed E-state index contributed by atoms with van der Waals surface area (Å²) in [5.74, 6) is 1.92. The lowest BCUT2D eigenvalue weighted by Crippen LogP contribution is -2.05. The van der Waals surface area contributed by atoms with E-state index in [1.54, 1.807) is 6.26 Å². The standard InChI is InChI=1S/C9H13NO/c1-10-6-9-8(4-5-11-9)7-2-3-7/h4-5,7,10H,2-3,6H2,1H3. The van der Waals surface area contributed by atoms with Crippen LogP contribution in [0.5, 0.6) is 0 Å². The molecule has 11 heavy (non-hydrogen) atoms. The number of nitrogens with one attached hydrogen (secondary N) is 1.